The molecule has 2 N–H and O–H groups in total. The van der Waals surface area contributed by atoms with Crippen molar-refractivity contribution in [3.63, 3.8) is 0 Å². The maximum absolute atomic E-state index is 12.8. The number of piperidine rings is 2. The topological polar surface area (TPSA) is 81.8 Å². The number of hydrogen-bond acceptors (Lipinski definition) is 4. The smallest absolute Gasteiger partial charge is 0.253 e. The van der Waals surface area contributed by atoms with Crippen molar-refractivity contribution in [2.45, 2.75) is 39.0 Å². The Kier molecular flexibility index (Phi) is 7.83. The summed E-state index contributed by atoms with van der Waals surface area (Å²) in [6.45, 7) is 5.51. The fourth-order valence-corrected chi connectivity index (χ4v) is 4.52. The van der Waals surface area contributed by atoms with Gasteiger partial charge in [-0.15, -0.1) is 0 Å². The number of anilines is 2. The van der Waals surface area contributed by atoms with E-state index < -0.39 is 0 Å². The van der Waals surface area contributed by atoms with Gasteiger partial charge >= 0.3 is 0 Å². The summed E-state index contributed by atoms with van der Waals surface area (Å²) in [5.41, 5.74) is 2.63. The van der Waals surface area contributed by atoms with E-state index in [9.17, 15) is 14.4 Å². The Balaban J connectivity index is 1.27. The Morgan fingerprint density at radius 3 is 2.15 bits per heavy atom. The van der Waals surface area contributed by atoms with Crippen molar-refractivity contribution in [3.05, 3.63) is 59.7 Å². The van der Waals surface area contributed by atoms with Gasteiger partial charge in [-0.3, -0.25) is 14.4 Å². The fourth-order valence-electron chi connectivity index (χ4n) is 4.52. The van der Waals surface area contributed by atoms with Gasteiger partial charge in [-0.25, -0.2) is 0 Å². The summed E-state index contributed by atoms with van der Waals surface area (Å²) in [4.78, 5) is 41.6. The molecule has 7 nitrogen and oxygen atoms in total. The lowest BCUT2D eigenvalue weighted by molar-refractivity contribution is -0.114. The number of hydrogen-bond donors (Lipinski definition) is 2. The Morgan fingerprint density at radius 1 is 0.794 bits per heavy atom. The third kappa shape index (κ3) is 6.16. The molecule has 34 heavy (non-hydrogen) atoms. The van der Waals surface area contributed by atoms with Gasteiger partial charge in [-0.1, -0.05) is 13.0 Å². The van der Waals surface area contributed by atoms with E-state index in [0.717, 1.165) is 57.5 Å². The van der Waals surface area contributed by atoms with Crippen molar-refractivity contribution in [2.24, 2.45) is 5.92 Å². The van der Waals surface area contributed by atoms with Crippen LogP contribution >= 0.6 is 0 Å². The quantitative estimate of drug-likeness (QED) is 0.673. The van der Waals surface area contributed by atoms with Crippen LogP contribution in [-0.2, 0) is 4.79 Å². The minimum absolute atomic E-state index is 0.0142. The second kappa shape index (κ2) is 11.2. The molecule has 0 spiro atoms. The third-order valence-corrected chi connectivity index (χ3v) is 6.69. The van der Waals surface area contributed by atoms with E-state index in [2.05, 4.69) is 17.6 Å². The van der Waals surface area contributed by atoms with Gasteiger partial charge in [0.15, 0.2) is 0 Å². The number of benzene rings is 2. The summed E-state index contributed by atoms with van der Waals surface area (Å²) in [7, 11) is 0. The molecule has 2 aliphatic rings. The predicted octanol–water partition coefficient (Wildman–Crippen LogP) is 4.24. The molecule has 2 aromatic rings. The molecular weight excluding hydrogens is 428 g/mol. The molecule has 0 aromatic heterocycles. The highest BCUT2D eigenvalue weighted by Gasteiger charge is 2.22. The molecule has 0 aliphatic carbocycles. The maximum atomic E-state index is 12.8. The molecule has 180 valence electrons. The molecule has 2 fully saturated rings. The maximum Gasteiger partial charge on any atom is 0.253 e. The molecule has 2 aromatic carbocycles. The van der Waals surface area contributed by atoms with Crippen molar-refractivity contribution in [2.75, 3.05) is 43.4 Å². The van der Waals surface area contributed by atoms with E-state index >= 15 is 0 Å². The highest BCUT2D eigenvalue weighted by molar-refractivity contribution is 5.98. The van der Waals surface area contributed by atoms with E-state index in [1.807, 2.05) is 21.9 Å². The molecule has 3 amide bonds. The summed E-state index contributed by atoms with van der Waals surface area (Å²) < 4.78 is 0. The van der Waals surface area contributed by atoms with Crippen LogP contribution in [0.3, 0.4) is 0 Å². The molecular formula is C27H34N4O3. The van der Waals surface area contributed by atoms with Gasteiger partial charge in [-0.05, 0) is 80.5 Å². The Bertz CT molecular complexity index is 1010. The molecule has 2 heterocycles. The van der Waals surface area contributed by atoms with Crippen molar-refractivity contribution in [3.8, 4) is 0 Å². The second-order valence-electron chi connectivity index (χ2n) is 9.39. The summed E-state index contributed by atoms with van der Waals surface area (Å²) >= 11 is 0. The van der Waals surface area contributed by atoms with Gasteiger partial charge in [0.2, 0.25) is 5.91 Å². The summed E-state index contributed by atoms with van der Waals surface area (Å²) in [5.74, 6) is 0.538. The lowest BCUT2D eigenvalue weighted by Gasteiger charge is -2.30. The number of carbonyl (C=O) groups is 3. The van der Waals surface area contributed by atoms with Gasteiger partial charge < -0.3 is 20.4 Å². The zero-order valence-corrected chi connectivity index (χ0v) is 19.9. The number of nitrogens with zero attached hydrogens (tertiary/aromatic N) is 2. The minimum atomic E-state index is -0.204. The van der Waals surface area contributed by atoms with Crippen LogP contribution in [0.1, 0.15) is 59.7 Å². The van der Waals surface area contributed by atoms with Crippen LogP contribution in [0.15, 0.2) is 48.5 Å². The molecule has 2 saturated heterocycles. The third-order valence-electron chi connectivity index (χ3n) is 6.69. The molecule has 0 unspecified atom stereocenters. The Hall–Kier alpha value is -3.35. The molecule has 7 heteroatoms. The summed E-state index contributed by atoms with van der Waals surface area (Å²) in [5, 5.41) is 5.95. The first-order chi connectivity index (χ1) is 16.5. The molecule has 0 radical (unpaired) electrons. The molecule has 0 saturated carbocycles. The van der Waals surface area contributed by atoms with E-state index in [-0.39, 0.29) is 24.3 Å². The Labute approximate surface area is 201 Å². The summed E-state index contributed by atoms with van der Waals surface area (Å²) in [6.07, 6.45) is 5.37. The van der Waals surface area contributed by atoms with Crippen LogP contribution in [0.25, 0.3) is 0 Å². The van der Waals surface area contributed by atoms with Crippen molar-refractivity contribution in [1.29, 1.82) is 0 Å². The molecule has 0 atom stereocenters. The second-order valence-corrected chi connectivity index (χ2v) is 9.39. The number of rotatable bonds is 6. The van der Waals surface area contributed by atoms with Gasteiger partial charge in [0.25, 0.3) is 11.8 Å². The SMILES string of the molecule is CC1CCN(C(=O)c2cccc(NC(=O)CNc3ccc(C(=O)N4CCCCC4)cc3)c2)CC1. The highest BCUT2D eigenvalue weighted by Crippen LogP contribution is 2.20. The van der Waals surface area contributed by atoms with E-state index in [1.54, 1.807) is 36.4 Å². The highest BCUT2D eigenvalue weighted by atomic mass is 16.2. The van der Waals surface area contributed by atoms with Crippen LogP contribution in [0.4, 0.5) is 11.4 Å². The van der Waals surface area contributed by atoms with Crippen LogP contribution in [0.2, 0.25) is 0 Å². The van der Waals surface area contributed by atoms with Gasteiger partial charge in [0.05, 0.1) is 6.54 Å². The average molecular weight is 463 g/mol. The first-order valence-corrected chi connectivity index (χ1v) is 12.3. The zero-order valence-electron chi connectivity index (χ0n) is 19.9. The number of likely N-dealkylation sites (tertiary alicyclic amines) is 2. The lowest BCUT2D eigenvalue weighted by atomic mass is 9.98. The monoisotopic (exact) mass is 462 g/mol. The van der Waals surface area contributed by atoms with Crippen molar-refractivity contribution in [1.82, 2.24) is 9.80 Å². The average Bonchev–Trinajstić information content (AvgIpc) is 2.88. The summed E-state index contributed by atoms with van der Waals surface area (Å²) in [6, 6.07) is 14.4. The number of amides is 3. The van der Waals surface area contributed by atoms with E-state index in [0.29, 0.717) is 22.7 Å². The number of carbonyl (C=O) groups excluding carboxylic acids is 3. The molecule has 4 rings (SSSR count). The largest absolute Gasteiger partial charge is 0.376 e. The minimum Gasteiger partial charge on any atom is -0.376 e. The molecule has 2 aliphatic heterocycles. The first kappa shape index (κ1) is 23.8. The first-order valence-electron chi connectivity index (χ1n) is 12.3. The van der Waals surface area contributed by atoms with Crippen molar-refractivity contribution < 1.29 is 14.4 Å². The van der Waals surface area contributed by atoms with Crippen molar-refractivity contribution >= 4 is 29.1 Å². The normalized spacial score (nSPS) is 16.7. The predicted molar refractivity (Wildman–Crippen MR) is 134 cm³/mol. The van der Waals surface area contributed by atoms with Crippen LogP contribution in [0.5, 0.6) is 0 Å². The van der Waals surface area contributed by atoms with Gasteiger partial charge in [0.1, 0.15) is 0 Å². The zero-order chi connectivity index (χ0) is 23.9. The fraction of sp³-hybridized carbons (Fsp3) is 0.444. The molecule has 0 bridgehead atoms. The number of nitrogens with one attached hydrogen (secondary N) is 2. The standard InChI is InChI=1S/C27H34N4O3/c1-20-12-16-31(17-13-20)27(34)22-6-5-7-24(18-22)29-25(32)19-28-23-10-8-21(9-11-23)26(33)30-14-3-2-4-15-30/h5-11,18,20,28H,2-4,12-17,19H2,1H3,(H,29,32). The Morgan fingerprint density at radius 2 is 1.44 bits per heavy atom. The van der Waals surface area contributed by atoms with E-state index in [1.165, 1.54) is 6.42 Å². The van der Waals surface area contributed by atoms with Crippen LogP contribution in [0, 0.1) is 5.92 Å². The van der Waals surface area contributed by atoms with E-state index in [4.69, 9.17) is 0 Å². The lowest BCUT2D eigenvalue weighted by Crippen LogP contribution is -2.37. The van der Waals surface area contributed by atoms with Gasteiger partial charge in [-0.2, -0.15) is 0 Å². The van der Waals surface area contributed by atoms with Crippen LogP contribution < -0.4 is 10.6 Å². The van der Waals surface area contributed by atoms with Gasteiger partial charge in [0, 0.05) is 48.7 Å². The van der Waals surface area contributed by atoms with Crippen LogP contribution in [-0.4, -0.2) is 60.2 Å².